The van der Waals surface area contributed by atoms with Crippen molar-refractivity contribution in [2.75, 3.05) is 6.61 Å². The highest BCUT2D eigenvalue weighted by atomic mass is 35.5. The largest absolute Gasteiger partial charge is 0.488 e. The van der Waals surface area contributed by atoms with Crippen molar-refractivity contribution in [2.24, 2.45) is 11.7 Å². The van der Waals surface area contributed by atoms with Gasteiger partial charge in [-0.1, -0.05) is 25.4 Å². The summed E-state index contributed by atoms with van der Waals surface area (Å²) in [6, 6.07) is 9.56. The standard InChI is InChI=1S/C23H27ClN4O3/c1-14(2)12-23(3,31-22(25)29)13-30-20-7-6-16(10-17(20)24)19-8-9-26-21-11-18(15-4-5-15)27-28(19)21/h6-11,14-15H,4-5,12-13H2,1-3H3,(H2,25,29)/t23-/m0/s1. The number of nitrogens with zero attached hydrogens (tertiary/aromatic N) is 3. The number of hydrogen-bond donors (Lipinski definition) is 1. The van der Waals surface area contributed by atoms with E-state index >= 15 is 0 Å². The number of rotatable bonds is 8. The number of carbonyl (C=O) groups is 1. The Bertz CT molecular complexity index is 1110. The third-order valence-electron chi connectivity index (χ3n) is 5.32. The molecule has 0 spiro atoms. The van der Waals surface area contributed by atoms with Crippen molar-refractivity contribution in [3.05, 3.63) is 47.2 Å². The molecule has 31 heavy (non-hydrogen) atoms. The number of fused-ring (bicyclic) bond motifs is 1. The zero-order chi connectivity index (χ0) is 22.2. The molecule has 8 heteroatoms. The monoisotopic (exact) mass is 442 g/mol. The number of aromatic nitrogens is 3. The number of nitrogens with two attached hydrogens (primary N) is 1. The van der Waals surface area contributed by atoms with Crippen LogP contribution in [0.4, 0.5) is 4.79 Å². The molecule has 2 heterocycles. The summed E-state index contributed by atoms with van der Waals surface area (Å²) in [6.07, 6.45) is 3.95. The molecule has 1 fully saturated rings. The van der Waals surface area contributed by atoms with Crippen LogP contribution in [0, 0.1) is 5.92 Å². The molecular formula is C23H27ClN4O3. The third-order valence-corrected chi connectivity index (χ3v) is 5.62. The molecule has 7 nitrogen and oxygen atoms in total. The highest BCUT2D eigenvalue weighted by Crippen LogP contribution is 2.40. The summed E-state index contributed by atoms with van der Waals surface area (Å²) < 4.78 is 13.1. The Balaban J connectivity index is 1.56. The number of hydrogen-bond acceptors (Lipinski definition) is 5. The first-order chi connectivity index (χ1) is 14.7. The van der Waals surface area contributed by atoms with Crippen LogP contribution in [0.1, 0.15) is 51.6 Å². The number of carbonyl (C=O) groups excluding carboxylic acids is 1. The molecule has 2 N–H and O–H groups in total. The third kappa shape index (κ3) is 4.93. The molecule has 1 aromatic carbocycles. The van der Waals surface area contributed by atoms with Gasteiger partial charge in [0.15, 0.2) is 5.65 Å². The van der Waals surface area contributed by atoms with E-state index in [1.165, 1.54) is 12.8 Å². The fourth-order valence-corrected chi connectivity index (χ4v) is 4.19. The lowest BCUT2D eigenvalue weighted by Gasteiger charge is -2.30. The fraction of sp³-hybridized carbons (Fsp3) is 0.435. The minimum Gasteiger partial charge on any atom is -0.488 e. The molecule has 4 rings (SSSR count). The van der Waals surface area contributed by atoms with E-state index in [1.54, 1.807) is 6.20 Å². The van der Waals surface area contributed by atoms with Gasteiger partial charge in [0.1, 0.15) is 18.0 Å². The molecule has 1 atom stereocenters. The Morgan fingerprint density at radius 2 is 2.10 bits per heavy atom. The van der Waals surface area contributed by atoms with Gasteiger partial charge in [-0.25, -0.2) is 14.3 Å². The van der Waals surface area contributed by atoms with Crippen molar-refractivity contribution in [1.82, 2.24) is 14.6 Å². The summed E-state index contributed by atoms with van der Waals surface area (Å²) in [5, 5.41) is 5.21. The van der Waals surface area contributed by atoms with Crippen LogP contribution in [0.15, 0.2) is 36.5 Å². The predicted octanol–water partition coefficient (Wildman–Crippen LogP) is 5.21. The maximum atomic E-state index is 11.3. The molecular weight excluding hydrogens is 416 g/mol. The maximum absolute atomic E-state index is 11.3. The van der Waals surface area contributed by atoms with E-state index in [0.717, 1.165) is 22.6 Å². The second kappa shape index (κ2) is 8.38. The summed E-state index contributed by atoms with van der Waals surface area (Å²) in [4.78, 5) is 15.8. The number of amides is 1. The Morgan fingerprint density at radius 1 is 1.32 bits per heavy atom. The molecule has 1 aliphatic carbocycles. The van der Waals surface area contributed by atoms with Gasteiger partial charge in [-0.2, -0.15) is 5.10 Å². The first-order valence-electron chi connectivity index (χ1n) is 10.5. The van der Waals surface area contributed by atoms with Crippen molar-refractivity contribution in [1.29, 1.82) is 0 Å². The lowest BCUT2D eigenvalue weighted by atomic mass is 9.95. The molecule has 2 aromatic heterocycles. The number of primary amides is 1. The highest BCUT2D eigenvalue weighted by molar-refractivity contribution is 6.32. The minimum atomic E-state index is -0.840. The summed E-state index contributed by atoms with van der Waals surface area (Å²) in [5.41, 5.74) is 8.14. The molecule has 1 saturated carbocycles. The molecule has 3 aromatic rings. The minimum absolute atomic E-state index is 0.149. The zero-order valence-electron chi connectivity index (χ0n) is 18.0. The van der Waals surface area contributed by atoms with Crippen LogP contribution in [0.3, 0.4) is 0 Å². The fourth-order valence-electron chi connectivity index (χ4n) is 3.95. The molecule has 164 valence electrons. The van der Waals surface area contributed by atoms with Gasteiger partial charge in [0.2, 0.25) is 0 Å². The van der Waals surface area contributed by atoms with E-state index < -0.39 is 11.7 Å². The summed E-state index contributed by atoms with van der Waals surface area (Å²) in [5.74, 6) is 1.36. The normalized spacial score (nSPS) is 15.8. The predicted molar refractivity (Wildman–Crippen MR) is 119 cm³/mol. The Labute approximate surface area is 186 Å². The van der Waals surface area contributed by atoms with Crippen molar-refractivity contribution in [3.8, 4) is 17.0 Å². The van der Waals surface area contributed by atoms with Crippen LogP contribution in [0.25, 0.3) is 16.9 Å². The Hall–Kier alpha value is -2.80. The molecule has 0 bridgehead atoms. The molecule has 0 saturated heterocycles. The van der Waals surface area contributed by atoms with Crippen molar-refractivity contribution >= 4 is 23.3 Å². The molecule has 0 radical (unpaired) electrons. The van der Waals surface area contributed by atoms with Gasteiger partial charge in [0.05, 0.1) is 16.4 Å². The summed E-state index contributed by atoms with van der Waals surface area (Å²) in [7, 11) is 0. The second-order valence-electron chi connectivity index (χ2n) is 8.85. The second-order valence-corrected chi connectivity index (χ2v) is 9.25. The number of ether oxygens (including phenoxy) is 2. The number of halogens is 1. The van der Waals surface area contributed by atoms with Gasteiger partial charge in [-0.15, -0.1) is 0 Å². The molecule has 1 amide bonds. The van der Waals surface area contributed by atoms with Crippen LogP contribution in [-0.2, 0) is 4.74 Å². The van der Waals surface area contributed by atoms with Crippen LogP contribution in [0.5, 0.6) is 5.75 Å². The van der Waals surface area contributed by atoms with Gasteiger partial charge in [0, 0.05) is 23.7 Å². The van der Waals surface area contributed by atoms with E-state index in [9.17, 15) is 4.79 Å². The van der Waals surface area contributed by atoms with Gasteiger partial charge in [-0.05, 0) is 56.4 Å². The first-order valence-corrected chi connectivity index (χ1v) is 10.9. The van der Waals surface area contributed by atoms with Gasteiger partial charge >= 0.3 is 6.09 Å². The Kier molecular flexibility index (Phi) is 5.79. The average molecular weight is 443 g/mol. The molecule has 0 aliphatic heterocycles. The average Bonchev–Trinajstić information content (AvgIpc) is 3.44. The quantitative estimate of drug-likeness (QED) is 0.517. The van der Waals surface area contributed by atoms with Gasteiger partial charge in [0.25, 0.3) is 0 Å². The smallest absolute Gasteiger partial charge is 0.405 e. The van der Waals surface area contributed by atoms with Crippen molar-refractivity contribution < 1.29 is 14.3 Å². The molecule has 0 unspecified atom stereocenters. The number of benzene rings is 1. The summed E-state index contributed by atoms with van der Waals surface area (Å²) >= 11 is 6.53. The topological polar surface area (TPSA) is 91.7 Å². The van der Waals surface area contributed by atoms with Crippen molar-refractivity contribution in [3.63, 3.8) is 0 Å². The van der Waals surface area contributed by atoms with E-state index in [-0.39, 0.29) is 6.61 Å². The first kappa shape index (κ1) is 21.4. The van der Waals surface area contributed by atoms with Crippen LogP contribution < -0.4 is 10.5 Å². The van der Waals surface area contributed by atoms with E-state index in [0.29, 0.717) is 29.0 Å². The van der Waals surface area contributed by atoms with Crippen molar-refractivity contribution in [2.45, 2.75) is 51.6 Å². The lowest BCUT2D eigenvalue weighted by Crippen LogP contribution is -2.41. The van der Waals surface area contributed by atoms with Crippen LogP contribution in [-0.4, -0.2) is 32.9 Å². The lowest BCUT2D eigenvalue weighted by molar-refractivity contribution is -0.0185. The van der Waals surface area contributed by atoms with Crippen LogP contribution in [0.2, 0.25) is 5.02 Å². The summed E-state index contributed by atoms with van der Waals surface area (Å²) in [6.45, 7) is 6.05. The van der Waals surface area contributed by atoms with Gasteiger partial charge < -0.3 is 15.2 Å². The van der Waals surface area contributed by atoms with Crippen LogP contribution >= 0.6 is 11.6 Å². The van der Waals surface area contributed by atoms with E-state index in [1.807, 2.05) is 49.6 Å². The Morgan fingerprint density at radius 3 is 2.74 bits per heavy atom. The highest BCUT2D eigenvalue weighted by Gasteiger charge is 2.31. The SMILES string of the molecule is CC(C)C[C@@](C)(COc1ccc(-c2ccnc3cc(C4CC4)nn23)cc1Cl)OC(N)=O. The zero-order valence-corrected chi connectivity index (χ0v) is 18.7. The van der Waals surface area contributed by atoms with Gasteiger partial charge in [-0.3, -0.25) is 0 Å². The maximum Gasteiger partial charge on any atom is 0.405 e. The van der Waals surface area contributed by atoms with E-state index in [4.69, 9.17) is 31.9 Å². The van der Waals surface area contributed by atoms with E-state index in [2.05, 4.69) is 11.1 Å². The molecule has 1 aliphatic rings.